The van der Waals surface area contributed by atoms with Crippen molar-refractivity contribution in [2.45, 2.75) is 43.5 Å². The molecule has 1 amide bonds. The van der Waals surface area contributed by atoms with E-state index in [0.717, 1.165) is 6.26 Å². The van der Waals surface area contributed by atoms with Crippen LogP contribution in [0.1, 0.15) is 32.4 Å². The van der Waals surface area contributed by atoms with Crippen molar-refractivity contribution in [2.24, 2.45) is 0 Å². The lowest BCUT2D eigenvalue weighted by Crippen LogP contribution is -2.38. The zero-order valence-corrected chi connectivity index (χ0v) is 14.4. The van der Waals surface area contributed by atoms with E-state index in [1.807, 2.05) is 0 Å². The number of hydrogen-bond acceptors (Lipinski definition) is 6. The Morgan fingerprint density at radius 1 is 1.22 bits per heavy atom. The van der Waals surface area contributed by atoms with Gasteiger partial charge in [0.2, 0.25) is 0 Å². The van der Waals surface area contributed by atoms with Crippen molar-refractivity contribution in [1.29, 1.82) is 0 Å². The van der Waals surface area contributed by atoms with Crippen LogP contribution in [0.25, 0.3) is 0 Å². The highest BCUT2D eigenvalue weighted by Gasteiger charge is 2.21. The van der Waals surface area contributed by atoms with E-state index in [-0.39, 0.29) is 11.4 Å². The van der Waals surface area contributed by atoms with Gasteiger partial charge in [0.15, 0.2) is 9.84 Å². The Balaban J connectivity index is 2.63. The van der Waals surface area contributed by atoms with E-state index < -0.39 is 33.7 Å². The van der Waals surface area contributed by atoms with E-state index >= 15 is 0 Å². The summed E-state index contributed by atoms with van der Waals surface area (Å²) >= 11 is 0. The van der Waals surface area contributed by atoms with Gasteiger partial charge in [-0.2, -0.15) is 0 Å². The van der Waals surface area contributed by atoms with Crippen molar-refractivity contribution in [1.82, 2.24) is 5.32 Å². The fourth-order valence-electron chi connectivity index (χ4n) is 1.75. The summed E-state index contributed by atoms with van der Waals surface area (Å²) in [6.07, 6.45) is -2.14. The van der Waals surface area contributed by atoms with Gasteiger partial charge in [0, 0.05) is 12.8 Å². The van der Waals surface area contributed by atoms with Gasteiger partial charge < -0.3 is 20.3 Å². The maximum Gasteiger partial charge on any atom is 0.407 e. The minimum Gasteiger partial charge on any atom is -0.444 e. The normalized spacial score (nSPS) is 14.9. The third-order valence-electron chi connectivity index (χ3n) is 2.87. The molecule has 130 valence electrons. The number of aliphatic hydroxyl groups is 2. The molecule has 0 saturated carbocycles. The Hall–Kier alpha value is -1.64. The summed E-state index contributed by atoms with van der Waals surface area (Å²) in [6.45, 7) is 4.92. The molecule has 2 unspecified atom stereocenters. The summed E-state index contributed by atoms with van der Waals surface area (Å²) in [5.41, 5.74) is -0.314. The van der Waals surface area contributed by atoms with Gasteiger partial charge in [0.05, 0.1) is 4.90 Å². The average molecular weight is 345 g/mol. The molecule has 0 radical (unpaired) electrons. The van der Waals surface area contributed by atoms with Gasteiger partial charge in [-0.25, -0.2) is 13.2 Å². The number of hydrogen-bond donors (Lipinski definition) is 3. The first-order valence-electron chi connectivity index (χ1n) is 7.03. The third kappa shape index (κ3) is 6.55. The van der Waals surface area contributed by atoms with Crippen LogP contribution in [0.5, 0.6) is 0 Å². The topological polar surface area (TPSA) is 113 Å². The molecule has 0 spiro atoms. The second kappa shape index (κ2) is 7.29. The quantitative estimate of drug-likeness (QED) is 0.734. The number of aliphatic hydroxyl groups excluding tert-OH is 2. The molecule has 0 bridgehead atoms. The molecule has 1 aromatic rings. The standard InChI is InChI=1S/C15H23NO6S/c1-15(2,3)22-14(19)16-9-12(17)13(18)10-5-7-11(8-6-10)23(4,20)21/h5-8,12-13,17-18H,9H2,1-4H3,(H,16,19). The van der Waals surface area contributed by atoms with Crippen LogP contribution in [0.4, 0.5) is 4.79 Å². The highest BCUT2D eigenvalue weighted by molar-refractivity contribution is 7.90. The Bertz CT molecular complexity index is 633. The van der Waals surface area contributed by atoms with Gasteiger partial charge in [-0.15, -0.1) is 0 Å². The van der Waals surface area contributed by atoms with E-state index in [1.54, 1.807) is 20.8 Å². The smallest absolute Gasteiger partial charge is 0.407 e. The van der Waals surface area contributed by atoms with Crippen LogP contribution in [0.3, 0.4) is 0 Å². The number of nitrogens with one attached hydrogen (secondary N) is 1. The number of sulfone groups is 1. The van der Waals surface area contributed by atoms with E-state index in [9.17, 15) is 23.4 Å². The Labute approximate surface area is 136 Å². The Kier molecular flexibility index (Phi) is 6.15. The molecule has 0 saturated heterocycles. The van der Waals surface area contributed by atoms with Gasteiger partial charge in [-0.05, 0) is 38.5 Å². The molecular weight excluding hydrogens is 322 g/mol. The number of alkyl carbamates (subject to hydrolysis) is 1. The number of ether oxygens (including phenoxy) is 1. The first-order valence-corrected chi connectivity index (χ1v) is 8.92. The van der Waals surface area contributed by atoms with Crippen LogP contribution in [0, 0.1) is 0 Å². The molecule has 1 aromatic carbocycles. The number of rotatable bonds is 5. The SMILES string of the molecule is CC(C)(C)OC(=O)NCC(O)C(O)c1ccc(S(C)(=O)=O)cc1. The van der Waals surface area contributed by atoms with Gasteiger partial charge in [-0.3, -0.25) is 0 Å². The minimum atomic E-state index is -3.32. The molecule has 0 aliphatic heterocycles. The summed E-state index contributed by atoms with van der Waals surface area (Å²) in [5.74, 6) is 0. The largest absolute Gasteiger partial charge is 0.444 e. The predicted octanol–water partition coefficient (Wildman–Crippen LogP) is 1.01. The Morgan fingerprint density at radius 2 is 1.74 bits per heavy atom. The van der Waals surface area contributed by atoms with E-state index in [4.69, 9.17) is 4.74 Å². The van der Waals surface area contributed by atoms with E-state index in [1.165, 1.54) is 24.3 Å². The molecule has 23 heavy (non-hydrogen) atoms. The monoisotopic (exact) mass is 345 g/mol. The first kappa shape index (κ1) is 19.4. The summed E-state index contributed by atoms with van der Waals surface area (Å²) < 4.78 is 27.7. The van der Waals surface area contributed by atoms with Crippen LogP contribution < -0.4 is 5.32 Å². The fourth-order valence-corrected chi connectivity index (χ4v) is 2.38. The molecule has 0 aliphatic carbocycles. The molecule has 0 aliphatic rings. The summed E-state index contributed by atoms with van der Waals surface area (Å²) in [7, 11) is -3.32. The number of carbonyl (C=O) groups is 1. The lowest BCUT2D eigenvalue weighted by Gasteiger charge is -2.22. The average Bonchev–Trinajstić information content (AvgIpc) is 2.41. The van der Waals surface area contributed by atoms with Crippen LogP contribution in [-0.2, 0) is 14.6 Å². The summed E-state index contributed by atoms with van der Waals surface area (Å²) in [5, 5.41) is 22.3. The van der Waals surface area contributed by atoms with Gasteiger partial charge in [0.25, 0.3) is 0 Å². The fraction of sp³-hybridized carbons (Fsp3) is 0.533. The van der Waals surface area contributed by atoms with Crippen molar-refractivity contribution >= 4 is 15.9 Å². The maximum atomic E-state index is 11.5. The Morgan fingerprint density at radius 3 is 2.17 bits per heavy atom. The highest BCUT2D eigenvalue weighted by atomic mass is 32.2. The third-order valence-corrected chi connectivity index (χ3v) is 4.00. The molecular formula is C15H23NO6S. The predicted molar refractivity (Wildman–Crippen MR) is 84.8 cm³/mol. The summed E-state index contributed by atoms with van der Waals surface area (Å²) in [6, 6.07) is 5.53. The molecule has 0 heterocycles. The maximum absolute atomic E-state index is 11.5. The van der Waals surface area contributed by atoms with Crippen molar-refractivity contribution in [2.75, 3.05) is 12.8 Å². The number of carbonyl (C=O) groups excluding carboxylic acids is 1. The van der Waals surface area contributed by atoms with Crippen molar-refractivity contribution < 1.29 is 28.2 Å². The van der Waals surface area contributed by atoms with Crippen molar-refractivity contribution in [3.63, 3.8) is 0 Å². The number of amides is 1. The highest BCUT2D eigenvalue weighted by Crippen LogP contribution is 2.19. The minimum absolute atomic E-state index is 0.120. The summed E-state index contributed by atoms with van der Waals surface area (Å²) in [4.78, 5) is 11.6. The first-order chi connectivity index (χ1) is 10.4. The van der Waals surface area contributed by atoms with Crippen LogP contribution in [-0.4, -0.2) is 49.2 Å². The van der Waals surface area contributed by atoms with Crippen molar-refractivity contribution in [3.8, 4) is 0 Å². The van der Waals surface area contributed by atoms with Crippen LogP contribution in [0.2, 0.25) is 0 Å². The lowest BCUT2D eigenvalue weighted by molar-refractivity contribution is 0.0129. The zero-order valence-electron chi connectivity index (χ0n) is 13.6. The molecule has 8 heteroatoms. The molecule has 1 rings (SSSR count). The van der Waals surface area contributed by atoms with E-state index in [0.29, 0.717) is 5.56 Å². The van der Waals surface area contributed by atoms with E-state index in [2.05, 4.69) is 5.32 Å². The van der Waals surface area contributed by atoms with Crippen molar-refractivity contribution in [3.05, 3.63) is 29.8 Å². The number of benzene rings is 1. The van der Waals surface area contributed by atoms with Gasteiger partial charge in [-0.1, -0.05) is 12.1 Å². The molecule has 2 atom stereocenters. The van der Waals surface area contributed by atoms with Gasteiger partial charge >= 0.3 is 6.09 Å². The second-order valence-corrected chi connectivity index (χ2v) is 8.25. The van der Waals surface area contributed by atoms with Crippen LogP contribution >= 0.6 is 0 Å². The van der Waals surface area contributed by atoms with Crippen LogP contribution in [0.15, 0.2) is 29.2 Å². The molecule has 3 N–H and O–H groups in total. The van der Waals surface area contributed by atoms with Gasteiger partial charge in [0.1, 0.15) is 17.8 Å². The molecule has 7 nitrogen and oxygen atoms in total. The molecule has 0 aromatic heterocycles. The zero-order chi connectivity index (χ0) is 17.8. The molecule has 0 fully saturated rings. The second-order valence-electron chi connectivity index (χ2n) is 6.24. The lowest BCUT2D eigenvalue weighted by atomic mass is 10.0.